The Hall–Kier alpha value is -2.08. The van der Waals surface area contributed by atoms with Crippen LogP contribution >= 0.6 is 11.6 Å². The van der Waals surface area contributed by atoms with Crippen molar-refractivity contribution in [2.45, 2.75) is 31.2 Å². The molecule has 4 rings (SSSR count). The molecule has 1 aliphatic heterocycles. The van der Waals surface area contributed by atoms with Gasteiger partial charge in [0.2, 0.25) is 0 Å². The van der Waals surface area contributed by atoms with Crippen molar-refractivity contribution >= 4 is 17.6 Å². The Morgan fingerprint density at radius 1 is 1.44 bits per heavy atom. The first kappa shape index (κ1) is 18.3. The molecule has 1 saturated carbocycles. The highest BCUT2D eigenvalue weighted by atomic mass is 35.5. The van der Waals surface area contributed by atoms with Gasteiger partial charge in [0.1, 0.15) is 5.82 Å². The topological polar surface area (TPSA) is 45.5 Å². The smallest absolute Gasteiger partial charge is 0.193 e. The Bertz CT molecular complexity index is 828. The minimum absolute atomic E-state index is 0.115. The van der Waals surface area contributed by atoms with Crippen molar-refractivity contribution in [2.24, 2.45) is 18.0 Å². The molecule has 1 saturated heterocycles. The molecule has 5 nitrogen and oxygen atoms in total. The summed E-state index contributed by atoms with van der Waals surface area (Å²) in [7, 11) is 3.76. The Morgan fingerprint density at radius 2 is 2.30 bits per heavy atom. The monoisotopic (exact) mass is 389 g/mol. The highest BCUT2D eigenvalue weighted by molar-refractivity contribution is 6.31. The van der Waals surface area contributed by atoms with Gasteiger partial charge in [-0.15, -0.1) is 0 Å². The number of aliphatic imine (C=N–C) groups is 1. The number of guanidine groups is 1. The number of nitrogens with zero attached hydrogens (tertiary/aromatic N) is 4. The number of nitrogens with one attached hydrogen (secondary N) is 1. The van der Waals surface area contributed by atoms with Crippen LogP contribution in [0.15, 0.2) is 35.6 Å². The zero-order valence-corrected chi connectivity index (χ0v) is 16.5. The predicted molar refractivity (Wildman–Crippen MR) is 106 cm³/mol. The second kappa shape index (κ2) is 7.50. The molecular weight excluding hydrogens is 365 g/mol. The van der Waals surface area contributed by atoms with Crippen molar-refractivity contribution in [1.29, 1.82) is 0 Å². The normalized spacial score (nSPS) is 25.1. The summed E-state index contributed by atoms with van der Waals surface area (Å²) in [6.45, 7) is 1.97. The molecule has 1 aromatic heterocycles. The fraction of sp³-hybridized carbons (Fsp3) is 0.500. The third-order valence-electron chi connectivity index (χ3n) is 5.56. The van der Waals surface area contributed by atoms with Gasteiger partial charge in [-0.2, -0.15) is 5.10 Å². The highest BCUT2D eigenvalue weighted by Crippen LogP contribution is 2.45. The lowest BCUT2D eigenvalue weighted by Crippen LogP contribution is -2.41. The van der Waals surface area contributed by atoms with Crippen molar-refractivity contribution in [1.82, 2.24) is 20.0 Å². The van der Waals surface area contributed by atoms with Gasteiger partial charge in [-0.1, -0.05) is 17.7 Å². The summed E-state index contributed by atoms with van der Waals surface area (Å²) in [5, 5.41) is 8.27. The Morgan fingerprint density at radius 3 is 3.00 bits per heavy atom. The van der Waals surface area contributed by atoms with E-state index >= 15 is 0 Å². The number of hydrogen-bond acceptors (Lipinski definition) is 2. The van der Waals surface area contributed by atoms with E-state index in [2.05, 4.69) is 26.5 Å². The van der Waals surface area contributed by atoms with E-state index in [4.69, 9.17) is 11.6 Å². The van der Waals surface area contributed by atoms with Crippen molar-refractivity contribution < 1.29 is 4.39 Å². The minimum Gasteiger partial charge on any atom is -0.353 e. The van der Waals surface area contributed by atoms with Crippen LogP contribution in [0.3, 0.4) is 0 Å². The third-order valence-corrected chi connectivity index (χ3v) is 5.88. The molecule has 0 bridgehead atoms. The first-order valence-electron chi connectivity index (χ1n) is 9.45. The van der Waals surface area contributed by atoms with Crippen molar-refractivity contribution in [2.75, 3.05) is 20.1 Å². The van der Waals surface area contributed by atoms with E-state index in [0.29, 0.717) is 16.5 Å². The van der Waals surface area contributed by atoms with Gasteiger partial charge in [-0.3, -0.25) is 9.67 Å². The molecular formula is C20H25ClFN5. The number of benzene rings is 1. The summed E-state index contributed by atoms with van der Waals surface area (Å²) in [6, 6.07) is 5.08. The van der Waals surface area contributed by atoms with Gasteiger partial charge in [0, 0.05) is 55.9 Å². The number of halogens is 2. The van der Waals surface area contributed by atoms with Crippen LogP contribution in [-0.4, -0.2) is 46.8 Å². The van der Waals surface area contributed by atoms with E-state index in [0.717, 1.165) is 38.3 Å². The first-order chi connectivity index (χ1) is 13.0. The molecule has 1 N–H and O–H groups in total. The van der Waals surface area contributed by atoms with E-state index in [1.165, 1.54) is 11.6 Å². The average Bonchev–Trinajstić information content (AvgIpc) is 3.01. The van der Waals surface area contributed by atoms with Gasteiger partial charge in [0.15, 0.2) is 5.96 Å². The van der Waals surface area contributed by atoms with Gasteiger partial charge >= 0.3 is 0 Å². The first-order valence-corrected chi connectivity index (χ1v) is 9.82. The van der Waals surface area contributed by atoms with Crippen LogP contribution in [0, 0.1) is 11.7 Å². The van der Waals surface area contributed by atoms with Crippen LogP contribution in [0.2, 0.25) is 5.02 Å². The Kier molecular flexibility index (Phi) is 5.08. The Labute approximate surface area is 164 Å². The second-order valence-electron chi connectivity index (χ2n) is 7.60. The zero-order chi connectivity index (χ0) is 19.0. The number of rotatable bonds is 4. The number of aromatic nitrogens is 2. The summed E-state index contributed by atoms with van der Waals surface area (Å²) in [4.78, 5) is 6.76. The highest BCUT2D eigenvalue weighted by Gasteiger charge is 2.42. The van der Waals surface area contributed by atoms with Crippen molar-refractivity contribution in [3.63, 3.8) is 0 Å². The lowest BCUT2D eigenvalue weighted by Gasteiger charge is -2.22. The van der Waals surface area contributed by atoms with E-state index < -0.39 is 0 Å². The lowest BCUT2D eigenvalue weighted by molar-refractivity contribution is 0.458. The molecule has 0 spiro atoms. The molecule has 0 radical (unpaired) electrons. The SMILES string of the molecule is CN=C(NC1CC1c1c(F)cccc1Cl)N1CCC(Cc2cnn(C)c2)C1. The van der Waals surface area contributed by atoms with E-state index in [1.807, 2.05) is 25.0 Å². The van der Waals surface area contributed by atoms with Gasteiger partial charge in [-0.05, 0) is 42.9 Å². The van der Waals surface area contributed by atoms with Crippen LogP contribution in [-0.2, 0) is 13.5 Å². The summed E-state index contributed by atoms with van der Waals surface area (Å²) < 4.78 is 16.0. The maximum absolute atomic E-state index is 14.1. The molecule has 0 amide bonds. The Balaban J connectivity index is 1.34. The maximum atomic E-state index is 14.1. The van der Waals surface area contributed by atoms with E-state index in [-0.39, 0.29) is 17.8 Å². The van der Waals surface area contributed by atoms with E-state index in [1.54, 1.807) is 12.1 Å². The van der Waals surface area contributed by atoms with Crippen molar-refractivity contribution in [3.8, 4) is 0 Å². The molecule has 2 aliphatic rings. The molecule has 2 heterocycles. The molecule has 144 valence electrons. The average molecular weight is 390 g/mol. The summed E-state index contributed by atoms with van der Waals surface area (Å²) >= 11 is 6.21. The van der Waals surface area contributed by atoms with Gasteiger partial charge in [0.05, 0.1) is 6.20 Å². The number of aryl methyl sites for hydroxylation is 1. The van der Waals surface area contributed by atoms with Crippen LogP contribution < -0.4 is 5.32 Å². The molecule has 3 atom stereocenters. The minimum atomic E-state index is -0.218. The molecule has 1 aromatic carbocycles. The zero-order valence-electron chi connectivity index (χ0n) is 15.7. The van der Waals surface area contributed by atoms with Gasteiger partial charge in [-0.25, -0.2) is 4.39 Å². The van der Waals surface area contributed by atoms with Crippen LogP contribution in [0.25, 0.3) is 0 Å². The van der Waals surface area contributed by atoms with Gasteiger partial charge in [0.25, 0.3) is 0 Å². The fourth-order valence-corrected chi connectivity index (χ4v) is 4.41. The second-order valence-corrected chi connectivity index (χ2v) is 8.01. The standard InChI is InChI=1S/C20H25ClFN5/c1-23-20(25-18-9-15(18)19-16(21)4-3-5-17(19)22)27-7-6-13(12-27)8-14-10-24-26(2)11-14/h3-5,10-11,13,15,18H,6-9,12H2,1-2H3,(H,23,25). The molecule has 27 heavy (non-hydrogen) atoms. The van der Waals surface area contributed by atoms with Crippen LogP contribution in [0.5, 0.6) is 0 Å². The fourth-order valence-electron chi connectivity index (χ4n) is 4.10. The molecule has 7 heteroatoms. The third kappa shape index (κ3) is 3.95. The van der Waals surface area contributed by atoms with E-state index in [9.17, 15) is 4.39 Å². The molecule has 2 aromatic rings. The molecule has 1 aliphatic carbocycles. The molecule has 2 fully saturated rings. The van der Waals surface area contributed by atoms with Crippen LogP contribution in [0.1, 0.15) is 29.9 Å². The van der Waals surface area contributed by atoms with Crippen LogP contribution in [0.4, 0.5) is 4.39 Å². The van der Waals surface area contributed by atoms with Crippen molar-refractivity contribution in [3.05, 3.63) is 52.6 Å². The lowest BCUT2D eigenvalue weighted by atomic mass is 10.0. The maximum Gasteiger partial charge on any atom is 0.193 e. The summed E-state index contributed by atoms with van der Waals surface area (Å²) in [6.07, 6.45) is 7.10. The molecule has 3 unspecified atom stereocenters. The largest absolute Gasteiger partial charge is 0.353 e. The quantitative estimate of drug-likeness (QED) is 0.645. The summed E-state index contributed by atoms with van der Waals surface area (Å²) in [5.74, 6) is 1.40. The number of hydrogen-bond donors (Lipinski definition) is 1. The number of likely N-dealkylation sites (tertiary alicyclic amines) is 1. The van der Waals surface area contributed by atoms with Gasteiger partial charge < -0.3 is 10.2 Å². The summed E-state index contributed by atoms with van der Waals surface area (Å²) in [5.41, 5.74) is 1.91. The predicted octanol–water partition coefficient (Wildman–Crippen LogP) is 3.21.